The lowest BCUT2D eigenvalue weighted by atomic mass is 10.1. The van der Waals surface area contributed by atoms with Crippen LogP contribution in [0.4, 0.5) is 0 Å². The summed E-state index contributed by atoms with van der Waals surface area (Å²) in [4.78, 5) is 19.2. The molecule has 0 radical (unpaired) electrons. The maximum absolute atomic E-state index is 12.5. The van der Waals surface area contributed by atoms with Crippen LogP contribution in [-0.2, 0) is 0 Å². The van der Waals surface area contributed by atoms with Gasteiger partial charge in [-0.2, -0.15) is 4.98 Å². The lowest BCUT2D eigenvalue weighted by Crippen LogP contribution is -2.28. The number of rotatable bonds is 3. The van der Waals surface area contributed by atoms with Gasteiger partial charge in [0, 0.05) is 25.1 Å². The molecule has 3 aromatic rings. The minimum Gasteiger partial charge on any atom is -0.355 e. The van der Waals surface area contributed by atoms with Crippen molar-refractivity contribution in [2.75, 3.05) is 13.1 Å². The highest BCUT2D eigenvalue weighted by molar-refractivity contribution is 7.13. The molecule has 1 fully saturated rings. The van der Waals surface area contributed by atoms with E-state index in [1.165, 1.54) is 6.39 Å². The van der Waals surface area contributed by atoms with Crippen LogP contribution in [-0.4, -0.2) is 39.2 Å². The maximum Gasteiger partial charge on any atom is 0.276 e. The summed E-state index contributed by atoms with van der Waals surface area (Å²) in [6, 6.07) is 5.55. The fourth-order valence-corrected chi connectivity index (χ4v) is 3.26. The lowest BCUT2D eigenvalue weighted by Gasteiger charge is -2.13. The van der Waals surface area contributed by atoms with E-state index in [1.54, 1.807) is 22.3 Å². The van der Waals surface area contributed by atoms with Crippen LogP contribution in [0.5, 0.6) is 0 Å². The summed E-state index contributed by atoms with van der Waals surface area (Å²) in [5.74, 6) is 1.26. The van der Waals surface area contributed by atoms with Crippen LogP contribution in [0.1, 0.15) is 28.7 Å². The average molecular weight is 316 g/mol. The molecule has 1 atom stereocenters. The number of hydrogen-bond acceptors (Lipinski definition) is 7. The summed E-state index contributed by atoms with van der Waals surface area (Å²) >= 11 is 1.55. The number of carbonyl (C=O) groups excluding carboxylic acids is 1. The number of likely N-dealkylation sites (tertiary alicyclic amines) is 1. The number of amides is 1. The van der Waals surface area contributed by atoms with Crippen molar-refractivity contribution < 1.29 is 13.8 Å². The van der Waals surface area contributed by atoms with Gasteiger partial charge in [0.15, 0.2) is 17.3 Å². The summed E-state index contributed by atoms with van der Waals surface area (Å²) in [6.07, 6.45) is 2.13. The molecule has 0 spiro atoms. The molecular weight excluding hydrogens is 304 g/mol. The third-order valence-electron chi connectivity index (χ3n) is 3.71. The quantitative estimate of drug-likeness (QED) is 0.737. The van der Waals surface area contributed by atoms with Crippen LogP contribution >= 0.6 is 11.3 Å². The SMILES string of the molecule is O=C(c1cc(-c2cccs2)on1)N1CC[C@@H](c2ncon2)C1. The Labute approximate surface area is 129 Å². The van der Waals surface area contributed by atoms with Gasteiger partial charge in [-0.15, -0.1) is 11.3 Å². The first-order valence-electron chi connectivity index (χ1n) is 6.87. The molecule has 0 saturated carbocycles. The second-order valence-electron chi connectivity index (χ2n) is 5.08. The molecule has 0 unspecified atom stereocenters. The normalized spacial score (nSPS) is 18.0. The van der Waals surface area contributed by atoms with Gasteiger partial charge >= 0.3 is 0 Å². The molecule has 8 heteroatoms. The highest BCUT2D eigenvalue weighted by atomic mass is 32.1. The average Bonchev–Trinajstić information content (AvgIpc) is 3.35. The molecule has 0 aromatic carbocycles. The minimum atomic E-state index is -0.127. The van der Waals surface area contributed by atoms with Gasteiger partial charge < -0.3 is 13.9 Å². The molecule has 1 saturated heterocycles. The summed E-state index contributed by atoms with van der Waals surface area (Å²) in [5.41, 5.74) is 0.331. The molecule has 1 aliphatic rings. The number of thiophene rings is 1. The van der Waals surface area contributed by atoms with Crippen molar-refractivity contribution in [3.05, 3.63) is 41.5 Å². The van der Waals surface area contributed by atoms with Crippen LogP contribution < -0.4 is 0 Å². The second-order valence-corrected chi connectivity index (χ2v) is 6.03. The first-order chi connectivity index (χ1) is 10.8. The molecule has 3 aromatic heterocycles. The largest absolute Gasteiger partial charge is 0.355 e. The summed E-state index contributed by atoms with van der Waals surface area (Å²) in [7, 11) is 0. The van der Waals surface area contributed by atoms with E-state index in [4.69, 9.17) is 9.05 Å². The van der Waals surface area contributed by atoms with Crippen LogP contribution in [0.2, 0.25) is 0 Å². The first kappa shape index (κ1) is 13.2. The molecule has 112 valence electrons. The van der Waals surface area contributed by atoms with Crippen molar-refractivity contribution in [1.82, 2.24) is 20.2 Å². The Morgan fingerprint density at radius 3 is 3.14 bits per heavy atom. The van der Waals surface area contributed by atoms with Gasteiger partial charge in [0.1, 0.15) is 0 Å². The fraction of sp³-hybridized carbons (Fsp3) is 0.286. The Morgan fingerprint density at radius 1 is 1.41 bits per heavy atom. The molecule has 22 heavy (non-hydrogen) atoms. The van der Waals surface area contributed by atoms with E-state index in [2.05, 4.69) is 15.3 Å². The Bertz CT molecular complexity index is 766. The Morgan fingerprint density at radius 2 is 2.36 bits per heavy atom. The molecule has 4 rings (SSSR count). The maximum atomic E-state index is 12.5. The van der Waals surface area contributed by atoms with Crippen molar-refractivity contribution >= 4 is 17.2 Å². The molecule has 4 heterocycles. The third kappa shape index (κ3) is 2.31. The zero-order valence-electron chi connectivity index (χ0n) is 11.5. The van der Waals surface area contributed by atoms with Crippen LogP contribution in [0.15, 0.2) is 39.0 Å². The van der Waals surface area contributed by atoms with Gasteiger partial charge in [0.25, 0.3) is 5.91 Å². The van der Waals surface area contributed by atoms with E-state index < -0.39 is 0 Å². The first-order valence-corrected chi connectivity index (χ1v) is 7.75. The predicted molar refractivity (Wildman–Crippen MR) is 77.4 cm³/mol. The smallest absolute Gasteiger partial charge is 0.276 e. The summed E-state index contributed by atoms with van der Waals surface area (Å²) < 4.78 is 10.0. The Balaban J connectivity index is 1.49. The van der Waals surface area contributed by atoms with E-state index in [-0.39, 0.29) is 11.8 Å². The van der Waals surface area contributed by atoms with Gasteiger partial charge in [-0.3, -0.25) is 4.79 Å². The lowest BCUT2D eigenvalue weighted by molar-refractivity contribution is 0.0780. The highest BCUT2D eigenvalue weighted by Gasteiger charge is 2.31. The molecular formula is C14H12N4O3S. The number of aromatic nitrogens is 3. The van der Waals surface area contributed by atoms with Crippen molar-refractivity contribution in [2.45, 2.75) is 12.3 Å². The van der Waals surface area contributed by atoms with E-state index in [9.17, 15) is 4.79 Å². The van der Waals surface area contributed by atoms with Crippen LogP contribution in [0.25, 0.3) is 10.6 Å². The van der Waals surface area contributed by atoms with Gasteiger partial charge in [-0.25, -0.2) is 0 Å². The predicted octanol–water partition coefficient (Wildman–Crippen LogP) is 2.42. The molecule has 0 N–H and O–H groups in total. The highest BCUT2D eigenvalue weighted by Crippen LogP contribution is 2.28. The standard InChI is InChI=1S/C14H12N4O3S/c19-14(10-6-11(21-16-10)12-2-1-5-22-12)18-4-3-9(7-18)13-15-8-20-17-13/h1-2,5-6,8-9H,3-4,7H2/t9-/m1/s1. The van der Waals surface area contributed by atoms with Gasteiger partial charge in [0.05, 0.1) is 4.88 Å². The zero-order chi connectivity index (χ0) is 14.9. The Hall–Kier alpha value is -2.48. The van der Waals surface area contributed by atoms with Gasteiger partial charge in [-0.1, -0.05) is 16.4 Å². The fourth-order valence-electron chi connectivity index (χ4n) is 2.59. The molecule has 0 aliphatic carbocycles. The van der Waals surface area contributed by atoms with E-state index in [0.717, 1.165) is 11.3 Å². The van der Waals surface area contributed by atoms with Crippen LogP contribution in [0.3, 0.4) is 0 Å². The number of hydrogen-bond donors (Lipinski definition) is 0. The number of nitrogens with zero attached hydrogens (tertiary/aromatic N) is 4. The molecule has 1 amide bonds. The van der Waals surface area contributed by atoms with Crippen molar-refractivity contribution in [1.29, 1.82) is 0 Å². The number of carbonyl (C=O) groups is 1. The molecule has 0 bridgehead atoms. The van der Waals surface area contributed by atoms with Crippen molar-refractivity contribution in [3.8, 4) is 10.6 Å². The molecule has 7 nitrogen and oxygen atoms in total. The monoisotopic (exact) mass is 316 g/mol. The van der Waals surface area contributed by atoms with E-state index in [1.807, 2.05) is 17.5 Å². The third-order valence-corrected chi connectivity index (χ3v) is 4.60. The van der Waals surface area contributed by atoms with Gasteiger partial charge in [0.2, 0.25) is 6.39 Å². The van der Waals surface area contributed by atoms with Crippen molar-refractivity contribution in [3.63, 3.8) is 0 Å². The van der Waals surface area contributed by atoms with Gasteiger partial charge in [-0.05, 0) is 17.9 Å². The van der Waals surface area contributed by atoms with E-state index >= 15 is 0 Å². The second kappa shape index (κ2) is 5.38. The van der Waals surface area contributed by atoms with Crippen molar-refractivity contribution in [2.24, 2.45) is 0 Å². The Kier molecular flexibility index (Phi) is 3.23. The summed E-state index contributed by atoms with van der Waals surface area (Å²) in [6.45, 7) is 1.22. The zero-order valence-corrected chi connectivity index (χ0v) is 12.3. The topological polar surface area (TPSA) is 85.3 Å². The van der Waals surface area contributed by atoms with Crippen LogP contribution in [0, 0.1) is 0 Å². The molecule has 1 aliphatic heterocycles. The minimum absolute atomic E-state index is 0.117. The summed E-state index contributed by atoms with van der Waals surface area (Å²) in [5, 5.41) is 9.69. The van der Waals surface area contributed by atoms with E-state index in [0.29, 0.717) is 30.4 Å².